The summed E-state index contributed by atoms with van der Waals surface area (Å²) < 4.78 is 0. The molecule has 0 amide bonds. The minimum Gasteiger partial charge on any atom is -0.508 e. The molecule has 0 radical (unpaired) electrons. The zero-order chi connectivity index (χ0) is 12.1. The number of benzene rings is 1. The van der Waals surface area contributed by atoms with Gasteiger partial charge >= 0.3 is 0 Å². The summed E-state index contributed by atoms with van der Waals surface area (Å²) in [6.07, 6.45) is 3.69. The smallest absolute Gasteiger partial charge is 0.115 e. The van der Waals surface area contributed by atoms with Gasteiger partial charge in [-0.25, -0.2) is 0 Å². The van der Waals surface area contributed by atoms with Crippen molar-refractivity contribution in [3.63, 3.8) is 0 Å². The Kier molecular flexibility index (Phi) is 3.73. The molecular weight excluding hydrogens is 212 g/mol. The van der Waals surface area contributed by atoms with E-state index >= 15 is 0 Å². The van der Waals surface area contributed by atoms with Crippen LogP contribution in [0.2, 0.25) is 0 Å². The summed E-state index contributed by atoms with van der Waals surface area (Å²) in [5, 5.41) is 12.5. The molecule has 2 N–H and O–H groups in total. The van der Waals surface area contributed by atoms with Crippen molar-refractivity contribution < 1.29 is 5.11 Å². The maximum atomic E-state index is 9.17. The van der Waals surface area contributed by atoms with Crippen LogP contribution in [0.1, 0.15) is 16.7 Å². The Morgan fingerprint density at radius 1 is 1.12 bits per heavy atom. The van der Waals surface area contributed by atoms with Gasteiger partial charge in [-0.1, -0.05) is 12.1 Å². The third-order valence-corrected chi connectivity index (χ3v) is 2.73. The van der Waals surface area contributed by atoms with Crippen molar-refractivity contribution in [2.24, 2.45) is 0 Å². The van der Waals surface area contributed by atoms with Gasteiger partial charge in [0.25, 0.3) is 0 Å². The van der Waals surface area contributed by atoms with Crippen LogP contribution in [0.3, 0.4) is 0 Å². The summed E-state index contributed by atoms with van der Waals surface area (Å²) >= 11 is 0. The minimum atomic E-state index is 0.303. The van der Waals surface area contributed by atoms with Crippen LogP contribution in [0.4, 0.5) is 0 Å². The Balaban J connectivity index is 1.88. The number of aromatic hydroxyl groups is 1. The van der Waals surface area contributed by atoms with Crippen molar-refractivity contribution in [2.45, 2.75) is 20.0 Å². The van der Waals surface area contributed by atoms with Gasteiger partial charge in [0.2, 0.25) is 0 Å². The maximum absolute atomic E-state index is 9.17. The maximum Gasteiger partial charge on any atom is 0.115 e. The Morgan fingerprint density at radius 2 is 1.88 bits per heavy atom. The number of phenolic OH excluding ortho intramolecular Hbond substituents is 1. The molecule has 1 aromatic heterocycles. The molecule has 1 heterocycles. The van der Waals surface area contributed by atoms with Crippen LogP contribution in [-0.4, -0.2) is 10.1 Å². The van der Waals surface area contributed by atoms with Crippen LogP contribution in [0, 0.1) is 6.92 Å². The second-order valence-electron chi connectivity index (χ2n) is 4.07. The molecule has 0 saturated carbocycles. The number of hydrogen-bond donors (Lipinski definition) is 2. The predicted molar refractivity (Wildman–Crippen MR) is 67.6 cm³/mol. The molecule has 0 aliphatic heterocycles. The topological polar surface area (TPSA) is 45.2 Å². The second-order valence-corrected chi connectivity index (χ2v) is 4.07. The number of phenols is 1. The standard InChI is InChI=1S/C14H16N2O/c1-11-6-7-15-9-13(11)10-16-8-12-2-4-14(17)5-3-12/h2-7,9,16-17H,8,10H2,1H3. The monoisotopic (exact) mass is 228 g/mol. The summed E-state index contributed by atoms with van der Waals surface area (Å²) in [6.45, 7) is 3.68. The van der Waals surface area contributed by atoms with Gasteiger partial charge < -0.3 is 10.4 Å². The van der Waals surface area contributed by atoms with Crippen LogP contribution in [0.15, 0.2) is 42.7 Å². The summed E-state index contributed by atoms with van der Waals surface area (Å²) in [5.41, 5.74) is 3.62. The minimum absolute atomic E-state index is 0.303. The van der Waals surface area contributed by atoms with Crippen molar-refractivity contribution in [1.82, 2.24) is 10.3 Å². The first kappa shape index (κ1) is 11.6. The number of aromatic nitrogens is 1. The average Bonchev–Trinajstić information content (AvgIpc) is 2.34. The van der Waals surface area contributed by atoms with Crippen molar-refractivity contribution in [3.05, 3.63) is 59.4 Å². The van der Waals surface area contributed by atoms with Crippen LogP contribution in [0.5, 0.6) is 5.75 Å². The van der Waals surface area contributed by atoms with E-state index in [2.05, 4.69) is 17.2 Å². The largest absolute Gasteiger partial charge is 0.508 e. The molecule has 0 atom stereocenters. The van der Waals surface area contributed by atoms with Gasteiger partial charge in [0.05, 0.1) is 0 Å². The zero-order valence-electron chi connectivity index (χ0n) is 9.85. The molecule has 17 heavy (non-hydrogen) atoms. The molecule has 2 rings (SSSR count). The van der Waals surface area contributed by atoms with Gasteiger partial charge in [-0.15, -0.1) is 0 Å². The first-order chi connectivity index (χ1) is 8.25. The van der Waals surface area contributed by atoms with Gasteiger partial charge in [0.15, 0.2) is 0 Å². The third-order valence-electron chi connectivity index (χ3n) is 2.73. The number of nitrogens with one attached hydrogen (secondary N) is 1. The lowest BCUT2D eigenvalue weighted by Crippen LogP contribution is -2.13. The highest BCUT2D eigenvalue weighted by molar-refractivity contribution is 5.26. The van der Waals surface area contributed by atoms with Gasteiger partial charge in [0, 0.05) is 25.5 Å². The summed E-state index contributed by atoms with van der Waals surface area (Å²) in [5.74, 6) is 0.303. The highest BCUT2D eigenvalue weighted by Gasteiger charge is 1.97. The first-order valence-corrected chi connectivity index (χ1v) is 5.64. The number of pyridine rings is 1. The number of hydrogen-bond acceptors (Lipinski definition) is 3. The van der Waals surface area contributed by atoms with E-state index in [1.54, 1.807) is 18.3 Å². The lowest BCUT2D eigenvalue weighted by molar-refractivity contribution is 0.475. The fraction of sp³-hybridized carbons (Fsp3) is 0.214. The lowest BCUT2D eigenvalue weighted by atomic mass is 10.1. The lowest BCUT2D eigenvalue weighted by Gasteiger charge is -2.07. The van der Waals surface area contributed by atoms with E-state index < -0.39 is 0 Å². The van der Waals surface area contributed by atoms with Gasteiger partial charge in [-0.3, -0.25) is 4.98 Å². The molecule has 88 valence electrons. The highest BCUT2D eigenvalue weighted by atomic mass is 16.3. The summed E-state index contributed by atoms with van der Waals surface area (Å²) in [6, 6.07) is 9.24. The van der Waals surface area contributed by atoms with E-state index in [1.165, 1.54) is 11.1 Å². The molecule has 0 fully saturated rings. The molecule has 0 spiro atoms. The molecule has 1 aromatic carbocycles. The van der Waals surface area contributed by atoms with Crippen LogP contribution >= 0.6 is 0 Å². The Hall–Kier alpha value is -1.87. The van der Waals surface area contributed by atoms with E-state index in [4.69, 9.17) is 5.11 Å². The SMILES string of the molecule is Cc1ccncc1CNCc1ccc(O)cc1. The number of aryl methyl sites for hydroxylation is 1. The number of rotatable bonds is 4. The quantitative estimate of drug-likeness (QED) is 0.844. The summed E-state index contributed by atoms with van der Waals surface area (Å²) in [4.78, 5) is 4.11. The van der Waals surface area contributed by atoms with Gasteiger partial charge in [-0.2, -0.15) is 0 Å². The molecule has 3 nitrogen and oxygen atoms in total. The van der Waals surface area contributed by atoms with Crippen LogP contribution < -0.4 is 5.32 Å². The van der Waals surface area contributed by atoms with E-state index in [0.29, 0.717) is 5.75 Å². The molecule has 2 aromatic rings. The molecule has 0 saturated heterocycles. The first-order valence-electron chi connectivity index (χ1n) is 5.64. The fourth-order valence-corrected chi connectivity index (χ4v) is 1.64. The van der Waals surface area contributed by atoms with Crippen molar-refractivity contribution in [1.29, 1.82) is 0 Å². The van der Waals surface area contributed by atoms with Crippen molar-refractivity contribution >= 4 is 0 Å². The molecule has 3 heteroatoms. The zero-order valence-corrected chi connectivity index (χ0v) is 9.85. The van der Waals surface area contributed by atoms with Crippen LogP contribution in [0.25, 0.3) is 0 Å². The Bertz CT molecular complexity index is 480. The van der Waals surface area contributed by atoms with Crippen molar-refractivity contribution in [2.75, 3.05) is 0 Å². The molecule has 0 aliphatic carbocycles. The van der Waals surface area contributed by atoms with E-state index in [0.717, 1.165) is 18.7 Å². The highest BCUT2D eigenvalue weighted by Crippen LogP contribution is 2.10. The van der Waals surface area contributed by atoms with Crippen molar-refractivity contribution in [3.8, 4) is 5.75 Å². The molecule has 0 unspecified atom stereocenters. The van der Waals surface area contributed by atoms with E-state index in [9.17, 15) is 0 Å². The third kappa shape index (κ3) is 3.29. The van der Waals surface area contributed by atoms with Crippen LogP contribution in [-0.2, 0) is 13.1 Å². The molecular formula is C14H16N2O. The van der Waals surface area contributed by atoms with Gasteiger partial charge in [0.1, 0.15) is 5.75 Å². The summed E-state index contributed by atoms with van der Waals surface area (Å²) in [7, 11) is 0. The fourth-order valence-electron chi connectivity index (χ4n) is 1.64. The molecule has 0 aliphatic rings. The predicted octanol–water partition coefficient (Wildman–Crippen LogP) is 2.39. The second kappa shape index (κ2) is 5.46. The van der Waals surface area contributed by atoms with E-state index in [-0.39, 0.29) is 0 Å². The Morgan fingerprint density at radius 3 is 2.59 bits per heavy atom. The number of nitrogens with zero attached hydrogens (tertiary/aromatic N) is 1. The van der Waals surface area contributed by atoms with E-state index in [1.807, 2.05) is 24.4 Å². The normalized spacial score (nSPS) is 10.4. The van der Waals surface area contributed by atoms with Gasteiger partial charge in [-0.05, 0) is 41.8 Å². The Labute approximate surface area is 101 Å². The average molecular weight is 228 g/mol. The molecule has 0 bridgehead atoms.